The zero-order valence-corrected chi connectivity index (χ0v) is 9.51. The number of nitrogens with zero attached hydrogens (tertiary/aromatic N) is 2. The Kier molecular flexibility index (Phi) is 1.94. The summed E-state index contributed by atoms with van der Waals surface area (Å²) < 4.78 is 0. The van der Waals surface area contributed by atoms with Crippen LogP contribution in [-0.2, 0) is 0 Å². The van der Waals surface area contributed by atoms with Gasteiger partial charge in [-0.3, -0.25) is 0 Å². The molecule has 0 saturated heterocycles. The second kappa shape index (κ2) is 3.31. The van der Waals surface area contributed by atoms with Crippen LogP contribution in [0.3, 0.4) is 0 Å². The molecule has 80 valence electrons. The zero-order valence-electron chi connectivity index (χ0n) is 8.69. The van der Waals surface area contributed by atoms with Gasteiger partial charge in [0, 0.05) is 6.20 Å². The van der Waals surface area contributed by atoms with Crippen molar-refractivity contribution in [1.29, 1.82) is 0 Å². The largest absolute Gasteiger partial charge is 0.391 e. The number of imidazole rings is 1. The van der Waals surface area contributed by atoms with Crippen LogP contribution < -0.4 is 5.73 Å². The fraction of sp³-hybridized carbons (Fsp3) is 0.0909. The van der Waals surface area contributed by atoms with Crippen molar-refractivity contribution >= 4 is 27.5 Å². The van der Waals surface area contributed by atoms with Gasteiger partial charge in [-0.25, -0.2) is 9.97 Å². The smallest absolute Gasteiger partial charge is 0.178 e. The van der Waals surface area contributed by atoms with Gasteiger partial charge in [-0.2, -0.15) is 0 Å². The molecule has 3 rings (SSSR count). The van der Waals surface area contributed by atoms with Crippen molar-refractivity contribution in [2.45, 2.75) is 6.92 Å². The van der Waals surface area contributed by atoms with Crippen LogP contribution in [0.15, 0.2) is 24.4 Å². The lowest BCUT2D eigenvalue weighted by Gasteiger charge is -1.90. The quantitative estimate of drug-likeness (QED) is 0.675. The predicted molar refractivity (Wildman–Crippen MR) is 66.4 cm³/mol. The van der Waals surface area contributed by atoms with Crippen molar-refractivity contribution in [2.75, 3.05) is 5.73 Å². The molecule has 0 amide bonds. The minimum atomic E-state index is 0.752. The molecule has 0 aliphatic heterocycles. The van der Waals surface area contributed by atoms with Crippen molar-refractivity contribution < 1.29 is 0 Å². The molecule has 0 fully saturated rings. The van der Waals surface area contributed by atoms with Crippen LogP contribution in [0.4, 0.5) is 5.00 Å². The average Bonchev–Trinajstić information content (AvgIpc) is 2.84. The molecule has 0 radical (unpaired) electrons. The molecule has 3 aromatic rings. The van der Waals surface area contributed by atoms with Crippen LogP contribution in [0.5, 0.6) is 0 Å². The SMILES string of the molecule is Cc1ccnc2nc(-c3ccc(N)s3)[nH]c12. The van der Waals surface area contributed by atoms with Crippen molar-refractivity contribution in [3.8, 4) is 10.7 Å². The fourth-order valence-corrected chi connectivity index (χ4v) is 2.35. The van der Waals surface area contributed by atoms with E-state index in [1.54, 1.807) is 6.20 Å². The topological polar surface area (TPSA) is 67.6 Å². The van der Waals surface area contributed by atoms with E-state index in [9.17, 15) is 0 Å². The molecule has 3 N–H and O–H groups in total. The lowest BCUT2D eigenvalue weighted by atomic mass is 10.3. The minimum Gasteiger partial charge on any atom is -0.391 e. The highest BCUT2D eigenvalue weighted by molar-refractivity contribution is 7.19. The fourth-order valence-electron chi connectivity index (χ4n) is 1.63. The molecule has 3 heterocycles. The zero-order chi connectivity index (χ0) is 11.1. The van der Waals surface area contributed by atoms with Gasteiger partial charge in [-0.15, -0.1) is 11.3 Å². The van der Waals surface area contributed by atoms with Crippen LogP contribution in [-0.4, -0.2) is 15.0 Å². The van der Waals surface area contributed by atoms with Gasteiger partial charge >= 0.3 is 0 Å². The number of aromatic amines is 1. The third-order valence-corrected chi connectivity index (χ3v) is 3.38. The first-order chi connectivity index (χ1) is 7.74. The van der Waals surface area contributed by atoms with Gasteiger partial charge in [0.1, 0.15) is 0 Å². The number of aryl methyl sites for hydroxylation is 1. The second-order valence-corrected chi connectivity index (χ2v) is 4.73. The molecular weight excluding hydrogens is 220 g/mol. The summed E-state index contributed by atoms with van der Waals surface area (Å²) in [6.45, 7) is 2.04. The average molecular weight is 230 g/mol. The summed E-state index contributed by atoms with van der Waals surface area (Å²) in [6.07, 6.45) is 1.77. The first kappa shape index (κ1) is 9.35. The Morgan fingerprint density at radius 3 is 2.88 bits per heavy atom. The first-order valence-corrected chi connectivity index (χ1v) is 5.73. The number of nitrogens with one attached hydrogen (secondary N) is 1. The monoisotopic (exact) mass is 230 g/mol. The molecule has 0 atom stereocenters. The molecule has 5 heteroatoms. The van der Waals surface area contributed by atoms with Crippen molar-refractivity contribution in [3.63, 3.8) is 0 Å². The van der Waals surface area contributed by atoms with Gasteiger partial charge in [0.2, 0.25) is 0 Å². The number of aromatic nitrogens is 3. The Bertz CT molecular complexity index is 653. The highest BCUT2D eigenvalue weighted by Crippen LogP contribution is 2.28. The molecule has 0 saturated carbocycles. The molecule has 0 unspecified atom stereocenters. The summed E-state index contributed by atoms with van der Waals surface area (Å²) in [7, 11) is 0. The Morgan fingerprint density at radius 1 is 1.31 bits per heavy atom. The number of anilines is 1. The molecule has 0 aromatic carbocycles. The van der Waals surface area contributed by atoms with Gasteiger partial charge < -0.3 is 10.7 Å². The number of nitrogens with two attached hydrogens (primary N) is 1. The number of H-pyrrole nitrogens is 1. The second-order valence-electron chi connectivity index (χ2n) is 3.61. The summed E-state index contributed by atoms with van der Waals surface area (Å²) in [5.41, 5.74) is 8.59. The number of fused-ring (bicyclic) bond motifs is 1. The summed E-state index contributed by atoms with van der Waals surface area (Å²) in [4.78, 5) is 13.0. The summed E-state index contributed by atoms with van der Waals surface area (Å²) in [5.74, 6) is 0.832. The van der Waals surface area contributed by atoms with Crippen molar-refractivity contribution in [3.05, 3.63) is 30.0 Å². The number of rotatable bonds is 1. The van der Waals surface area contributed by atoms with Crippen LogP contribution >= 0.6 is 11.3 Å². The minimum absolute atomic E-state index is 0.752. The van der Waals surface area contributed by atoms with Crippen molar-refractivity contribution in [1.82, 2.24) is 15.0 Å². The third kappa shape index (κ3) is 1.37. The van der Waals surface area contributed by atoms with E-state index in [0.29, 0.717) is 0 Å². The van der Waals surface area contributed by atoms with E-state index >= 15 is 0 Å². The van der Waals surface area contributed by atoms with E-state index in [1.807, 2.05) is 25.1 Å². The van der Waals surface area contributed by atoms with E-state index < -0.39 is 0 Å². The molecule has 16 heavy (non-hydrogen) atoms. The molecule has 0 bridgehead atoms. The highest BCUT2D eigenvalue weighted by Gasteiger charge is 2.09. The lowest BCUT2D eigenvalue weighted by Crippen LogP contribution is -1.78. The van der Waals surface area contributed by atoms with Gasteiger partial charge in [0.15, 0.2) is 11.5 Å². The maximum absolute atomic E-state index is 5.70. The van der Waals surface area contributed by atoms with Crippen LogP contribution in [0.1, 0.15) is 5.56 Å². The summed E-state index contributed by atoms with van der Waals surface area (Å²) in [6, 6.07) is 5.81. The standard InChI is InChI=1S/C11H10N4S/c1-6-4-5-13-11-9(6)14-10(15-11)7-2-3-8(12)16-7/h2-5H,12H2,1H3,(H,13,14,15). The van der Waals surface area contributed by atoms with Crippen molar-refractivity contribution in [2.24, 2.45) is 0 Å². The molecule has 0 aliphatic rings. The van der Waals surface area contributed by atoms with Gasteiger partial charge in [0.25, 0.3) is 0 Å². The summed E-state index contributed by atoms with van der Waals surface area (Å²) >= 11 is 1.52. The predicted octanol–water partition coefficient (Wildman–Crippen LogP) is 2.58. The van der Waals surface area contributed by atoms with E-state index in [0.717, 1.165) is 32.4 Å². The Morgan fingerprint density at radius 2 is 2.19 bits per heavy atom. The van der Waals surface area contributed by atoms with E-state index in [1.165, 1.54) is 11.3 Å². The number of pyridine rings is 1. The lowest BCUT2D eigenvalue weighted by molar-refractivity contribution is 1.31. The molecule has 3 aromatic heterocycles. The Balaban J connectivity index is 2.22. The maximum atomic E-state index is 5.70. The van der Waals surface area contributed by atoms with Crippen LogP contribution in [0.2, 0.25) is 0 Å². The maximum Gasteiger partial charge on any atom is 0.178 e. The van der Waals surface area contributed by atoms with E-state index in [2.05, 4.69) is 15.0 Å². The molecule has 0 spiro atoms. The molecule has 4 nitrogen and oxygen atoms in total. The highest BCUT2D eigenvalue weighted by atomic mass is 32.1. The summed E-state index contributed by atoms with van der Waals surface area (Å²) in [5, 5.41) is 0.792. The van der Waals surface area contributed by atoms with E-state index in [-0.39, 0.29) is 0 Å². The normalized spacial score (nSPS) is 11.1. The first-order valence-electron chi connectivity index (χ1n) is 4.91. The van der Waals surface area contributed by atoms with E-state index in [4.69, 9.17) is 5.73 Å². The van der Waals surface area contributed by atoms with Gasteiger partial charge in [-0.1, -0.05) is 0 Å². The number of hydrogen-bond acceptors (Lipinski definition) is 4. The molecule has 0 aliphatic carbocycles. The Labute approximate surface area is 96.2 Å². The number of nitrogen functional groups attached to an aromatic ring is 1. The number of thiophene rings is 1. The Hall–Kier alpha value is -1.88. The molecular formula is C11H10N4S. The van der Waals surface area contributed by atoms with Crippen LogP contribution in [0, 0.1) is 6.92 Å². The van der Waals surface area contributed by atoms with Gasteiger partial charge in [-0.05, 0) is 30.7 Å². The van der Waals surface area contributed by atoms with Crippen LogP contribution in [0.25, 0.3) is 21.9 Å². The van der Waals surface area contributed by atoms with Gasteiger partial charge in [0.05, 0.1) is 15.4 Å². The number of hydrogen-bond donors (Lipinski definition) is 2. The third-order valence-electron chi connectivity index (χ3n) is 2.46.